The first-order valence-corrected chi connectivity index (χ1v) is 4.48. The predicted octanol–water partition coefficient (Wildman–Crippen LogP) is 3.16. The number of hydrogen-bond acceptors (Lipinski definition) is 1. The molecule has 0 bridgehead atoms. The first-order chi connectivity index (χ1) is 5.27. The van der Waals surface area contributed by atoms with Gasteiger partial charge in [-0.25, -0.2) is 0 Å². The molecule has 0 aliphatic carbocycles. The van der Waals surface area contributed by atoms with Gasteiger partial charge in [-0.1, -0.05) is 18.6 Å². The lowest BCUT2D eigenvalue weighted by atomic mass is 10.2. The minimum Gasteiger partial charge on any atom is -0.381 e. The van der Waals surface area contributed by atoms with Gasteiger partial charge in [0.25, 0.3) is 0 Å². The maximum atomic E-state index is 5.34. The molecule has 0 rings (SSSR count). The Balaban J connectivity index is 2.97. The summed E-state index contributed by atoms with van der Waals surface area (Å²) < 4.78 is 5.34. The molecule has 0 radical (unpaired) electrons. The molecule has 0 amide bonds. The van der Waals surface area contributed by atoms with E-state index in [2.05, 4.69) is 26.8 Å². The van der Waals surface area contributed by atoms with Crippen LogP contribution in [0.15, 0.2) is 11.6 Å². The fourth-order valence-corrected chi connectivity index (χ4v) is 0.823. The van der Waals surface area contributed by atoms with Crippen molar-refractivity contribution < 1.29 is 4.74 Å². The summed E-state index contributed by atoms with van der Waals surface area (Å²) in [5.41, 5.74) is 1.40. The molecule has 0 N–H and O–H groups in total. The Bertz CT molecular complexity index is 101. The monoisotopic (exact) mass is 156 g/mol. The average molecular weight is 156 g/mol. The second kappa shape index (κ2) is 7.80. The highest BCUT2D eigenvalue weighted by molar-refractivity contribution is 4.92. The van der Waals surface area contributed by atoms with E-state index >= 15 is 0 Å². The predicted molar refractivity (Wildman–Crippen MR) is 49.8 cm³/mol. The van der Waals surface area contributed by atoms with Crippen LogP contribution in [0.1, 0.15) is 40.0 Å². The van der Waals surface area contributed by atoms with Crippen molar-refractivity contribution in [2.45, 2.75) is 40.0 Å². The van der Waals surface area contributed by atoms with Gasteiger partial charge in [-0.15, -0.1) is 0 Å². The van der Waals surface area contributed by atoms with Gasteiger partial charge in [0.05, 0.1) is 0 Å². The molecular formula is C10H20O. The van der Waals surface area contributed by atoms with E-state index in [1.165, 1.54) is 5.57 Å². The molecule has 0 saturated heterocycles. The van der Waals surface area contributed by atoms with Crippen LogP contribution >= 0.6 is 0 Å². The summed E-state index contributed by atoms with van der Waals surface area (Å²) >= 11 is 0. The molecule has 11 heavy (non-hydrogen) atoms. The molecule has 1 heteroatoms. The molecule has 0 fully saturated rings. The fraction of sp³-hybridized carbons (Fsp3) is 0.800. The van der Waals surface area contributed by atoms with Crippen molar-refractivity contribution in [3.8, 4) is 0 Å². The van der Waals surface area contributed by atoms with Crippen LogP contribution < -0.4 is 0 Å². The van der Waals surface area contributed by atoms with Crippen LogP contribution in [0.3, 0.4) is 0 Å². The molecule has 0 aromatic carbocycles. The third-order valence-corrected chi connectivity index (χ3v) is 1.39. The molecule has 0 aliphatic rings. The van der Waals surface area contributed by atoms with Gasteiger partial charge in [-0.05, 0) is 33.1 Å². The van der Waals surface area contributed by atoms with Crippen molar-refractivity contribution in [3.63, 3.8) is 0 Å². The number of rotatable bonds is 6. The van der Waals surface area contributed by atoms with Crippen LogP contribution in [0, 0.1) is 0 Å². The zero-order valence-electron chi connectivity index (χ0n) is 8.02. The first kappa shape index (κ1) is 10.7. The van der Waals surface area contributed by atoms with Crippen LogP contribution in [0.25, 0.3) is 0 Å². The van der Waals surface area contributed by atoms with Gasteiger partial charge in [-0.2, -0.15) is 0 Å². The van der Waals surface area contributed by atoms with Gasteiger partial charge in [0, 0.05) is 13.2 Å². The van der Waals surface area contributed by atoms with Crippen LogP contribution in [0.2, 0.25) is 0 Å². The van der Waals surface area contributed by atoms with Crippen molar-refractivity contribution in [2.75, 3.05) is 13.2 Å². The molecule has 0 spiro atoms. The summed E-state index contributed by atoms with van der Waals surface area (Å²) in [5, 5.41) is 0. The zero-order chi connectivity index (χ0) is 8.53. The minimum atomic E-state index is 0.912. The largest absolute Gasteiger partial charge is 0.381 e. The minimum absolute atomic E-state index is 0.912. The van der Waals surface area contributed by atoms with Crippen molar-refractivity contribution in [2.24, 2.45) is 0 Å². The highest BCUT2D eigenvalue weighted by Crippen LogP contribution is 1.97. The van der Waals surface area contributed by atoms with Crippen LogP contribution in [-0.2, 0) is 4.74 Å². The van der Waals surface area contributed by atoms with Gasteiger partial charge < -0.3 is 4.74 Å². The number of allylic oxidation sites excluding steroid dienone is 2. The molecule has 0 atom stereocenters. The van der Waals surface area contributed by atoms with Crippen LogP contribution in [0.4, 0.5) is 0 Å². The standard InChI is InChI=1S/C10H20O/c1-4-8-11-9-6-5-7-10(2)3/h7H,4-6,8-9H2,1-3H3. The highest BCUT2D eigenvalue weighted by atomic mass is 16.5. The third-order valence-electron chi connectivity index (χ3n) is 1.39. The van der Waals surface area contributed by atoms with Gasteiger partial charge in [0.15, 0.2) is 0 Å². The third kappa shape index (κ3) is 9.70. The van der Waals surface area contributed by atoms with E-state index in [1.54, 1.807) is 0 Å². The van der Waals surface area contributed by atoms with Gasteiger partial charge in [-0.3, -0.25) is 0 Å². The lowest BCUT2D eigenvalue weighted by molar-refractivity contribution is 0.133. The summed E-state index contributed by atoms with van der Waals surface area (Å²) in [7, 11) is 0. The van der Waals surface area contributed by atoms with Crippen molar-refractivity contribution in [1.82, 2.24) is 0 Å². The number of unbranched alkanes of at least 4 members (excludes halogenated alkanes) is 1. The smallest absolute Gasteiger partial charge is 0.0468 e. The van der Waals surface area contributed by atoms with E-state index in [1.807, 2.05) is 0 Å². The number of ether oxygens (including phenoxy) is 1. The van der Waals surface area contributed by atoms with E-state index in [4.69, 9.17) is 4.74 Å². The van der Waals surface area contributed by atoms with Crippen molar-refractivity contribution in [3.05, 3.63) is 11.6 Å². The first-order valence-electron chi connectivity index (χ1n) is 4.48. The van der Waals surface area contributed by atoms with E-state index in [-0.39, 0.29) is 0 Å². The molecule has 0 heterocycles. The normalized spacial score (nSPS) is 9.73. The molecule has 0 aliphatic heterocycles. The average Bonchev–Trinajstić information content (AvgIpc) is 1.96. The van der Waals surface area contributed by atoms with Crippen LogP contribution in [-0.4, -0.2) is 13.2 Å². The summed E-state index contributed by atoms with van der Waals surface area (Å²) in [6.07, 6.45) is 5.70. The van der Waals surface area contributed by atoms with Gasteiger partial charge in [0.1, 0.15) is 0 Å². The Kier molecular flexibility index (Phi) is 7.59. The lowest BCUT2D eigenvalue weighted by Gasteiger charge is -1.99. The maximum Gasteiger partial charge on any atom is 0.0468 e. The van der Waals surface area contributed by atoms with Crippen molar-refractivity contribution in [1.29, 1.82) is 0 Å². The van der Waals surface area contributed by atoms with E-state index in [0.717, 1.165) is 32.5 Å². The molecular weight excluding hydrogens is 136 g/mol. The Morgan fingerprint density at radius 3 is 2.55 bits per heavy atom. The Labute approximate surface area is 70.4 Å². The van der Waals surface area contributed by atoms with Gasteiger partial charge in [0.2, 0.25) is 0 Å². The van der Waals surface area contributed by atoms with Gasteiger partial charge >= 0.3 is 0 Å². The van der Waals surface area contributed by atoms with E-state index < -0.39 is 0 Å². The zero-order valence-corrected chi connectivity index (χ0v) is 8.02. The number of hydrogen-bond donors (Lipinski definition) is 0. The summed E-state index contributed by atoms with van der Waals surface area (Å²) in [4.78, 5) is 0. The second-order valence-electron chi connectivity index (χ2n) is 3.04. The molecule has 0 aromatic rings. The molecule has 0 saturated carbocycles. The van der Waals surface area contributed by atoms with E-state index in [0.29, 0.717) is 0 Å². The van der Waals surface area contributed by atoms with Crippen LogP contribution in [0.5, 0.6) is 0 Å². The Morgan fingerprint density at radius 2 is 2.00 bits per heavy atom. The fourth-order valence-electron chi connectivity index (χ4n) is 0.823. The summed E-state index contributed by atoms with van der Waals surface area (Å²) in [6, 6.07) is 0. The topological polar surface area (TPSA) is 9.23 Å². The molecule has 0 aromatic heterocycles. The summed E-state index contributed by atoms with van der Waals surface area (Å²) in [6.45, 7) is 8.22. The summed E-state index contributed by atoms with van der Waals surface area (Å²) in [5.74, 6) is 0. The Morgan fingerprint density at radius 1 is 1.27 bits per heavy atom. The Hall–Kier alpha value is -0.300. The SMILES string of the molecule is CCCOCCCC=C(C)C. The van der Waals surface area contributed by atoms with E-state index in [9.17, 15) is 0 Å². The quantitative estimate of drug-likeness (QED) is 0.424. The second-order valence-corrected chi connectivity index (χ2v) is 3.04. The van der Waals surface area contributed by atoms with Crippen molar-refractivity contribution >= 4 is 0 Å². The molecule has 1 nitrogen and oxygen atoms in total. The maximum absolute atomic E-state index is 5.34. The lowest BCUT2D eigenvalue weighted by Crippen LogP contribution is -1.94. The molecule has 66 valence electrons. The highest BCUT2D eigenvalue weighted by Gasteiger charge is 1.85. The molecule has 0 unspecified atom stereocenters.